The van der Waals surface area contributed by atoms with Crippen molar-refractivity contribution in [2.75, 3.05) is 7.11 Å². The maximum atomic E-state index is 11.0. The number of aliphatic hydroxyl groups is 1. The fourth-order valence-corrected chi connectivity index (χ4v) is 1.22. The molecule has 78 valence electrons. The van der Waals surface area contributed by atoms with E-state index in [0.717, 1.165) is 0 Å². The summed E-state index contributed by atoms with van der Waals surface area (Å²) in [5.41, 5.74) is 0.693. The second-order valence-corrected chi connectivity index (χ2v) is 3.25. The third-order valence-electron chi connectivity index (χ3n) is 1.94. The highest BCUT2D eigenvalue weighted by Gasteiger charge is 2.16. The van der Waals surface area contributed by atoms with Gasteiger partial charge in [0.1, 0.15) is 5.76 Å². The van der Waals surface area contributed by atoms with Gasteiger partial charge in [-0.05, 0) is 19.8 Å². The number of amides is 1. The number of rotatable bonds is 4. The Kier molecular flexibility index (Phi) is 3.71. The molecule has 2 N–H and O–H groups in total. The highest BCUT2D eigenvalue weighted by atomic mass is 16.5. The van der Waals surface area contributed by atoms with Crippen LogP contribution in [-0.4, -0.2) is 24.2 Å². The van der Waals surface area contributed by atoms with Crippen LogP contribution < -0.4 is 5.32 Å². The second kappa shape index (κ2) is 4.81. The fraction of sp³-hybridized carbons (Fsp3) is 0.500. The first-order valence-corrected chi connectivity index (χ1v) is 4.58. The summed E-state index contributed by atoms with van der Waals surface area (Å²) < 4.78 is 5.00. The number of hydrogen-bond acceptors (Lipinski definition) is 3. The number of hydrogen-bond donors (Lipinski definition) is 2. The standard InChI is InChI=1S/C10H15NO3/c1-7(12)4-3-5-8-9(14-2)6-10(13)11-8/h5-7,12H,3-4H2,1-2H3,(H,11,13)/b8-5-. The van der Waals surface area contributed by atoms with Crippen molar-refractivity contribution in [3.8, 4) is 0 Å². The van der Waals surface area contributed by atoms with E-state index in [1.165, 1.54) is 13.2 Å². The largest absolute Gasteiger partial charge is 0.494 e. The van der Waals surface area contributed by atoms with Crippen LogP contribution in [0.1, 0.15) is 19.8 Å². The summed E-state index contributed by atoms with van der Waals surface area (Å²) in [5, 5.41) is 11.7. The fourth-order valence-electron chi connectivity index (χ4n) is 1.22. The molecule has 0 fully saturated rings. The van der Waals surface area contributed by atoms with Crippen LogP contribution in [0, 0.1) is 0 Å². The molecule has 0 aliphatic carbocycles. The average Bonchev–Trinajstić information content (AvgIpc) is 2.45. The van der Waals surface area contributed by atoms with Crippen molar-refractivity contribution >= 4 is 5.91 Å². The summed E-state index contributed by atoms with van der Waals surface area (Å²) in [6, 6.07) is 0. The first-order valence-electron chi connectivity index (χ1n) is 4.58. The molecule has 4 heteroatoms. The highest BCUT2D eigenvalue weighted by Crippen LogP contribution is 2.15. The van der Waals surface area contributed by atoms with E-state index in [9.17, 15) is 4.79 Å². The Balaban J connectivity index is 2.52. The van der Waals surface area contributed by atoms with Gasteiger partial charge in [0.2, 0.25) is 0 Å². The third-order valence-corrected chi connectivity index (χ3v) is 1.94. The minimum absolute atomic E-state index is 0.162. The van der Waals surface area contributed by atoms with Gasteiger partial charge in [-0.3, -0.25) is 4.79 Å². The smallest absolute Gasteiger partial charge is 0.252 e. The number of nitrogens with one attached hydrogen (secondary N) is 1. The molecule has 4 nitrogen and oxygen atoms in total. The van der Waals surface area contributed by atoms with E-state index >= 15 is 0 Å². The molecule has 1 rings (SSSR count). The Bertz CT molecular complexity index is 279. The van der Waals surface area contributed by atoms with Gasteiger partial charge < -0.3 is 15.2 Å². The summed E-state index contributed by atoms with van der Waals surface area (Å²) in [7, 11) is 1.52. The Hall–Kier alpha value is -1.29. The van der Waals surface area contributed by atoms with E-state index in [0.29, 0.717) is 24.3 Å². The minimum Gasteiger partial charge on any atom is -0.494 e. The van der Waals surface area contributed by atoms with Crippen LogP contribution >= 0.6 is 0 Å². The molecule has 0 aromatic heterocycles. The van der Waals surface area contributed by atoms with Crippen molar-refractivity contribution in [1.82, 2.24) is 5.32 Å². The zero-order chi connectivity index (χ0) is 10.6. The lowest BCUT2D eigenvalue weighted by atomic mass is 10.2. The molecule has 0 saturated carbocycles. The first kappa shape index (κ1) is 10.8. The van der Waals surface area contributed by atoms with Gasteiger partial charge in [-0.1, -0.05) is 6.08 Å². The quantitative estimate of drug-likeness (QED) is 0.697. The molecule has 0 radical (unpaired) electrons. The van der Waals surface area contributed by atoms with E-state index < -0.39 is 0 Å². The molecule has 1 atom stereocenters. The first-order chi connectivity index (χ1) is 6.63. The SMILES string of the molecule is COC1=CC(=O)N/C1=C\CCC(C)O. The summed E-state index contributed by atoms with van der Waals surface area (Å²) in [4.78, 5) is 11.0. The number of methoxy groups -OCH3 is 1. The zero-order valence-corrected chi connectivity index (χ0v) is 8.41. The average molecular weight is 197 g/mol. The third kappa shape index (κ3) is 2.88. The van der Waals surface area contributed by atoms with Gasteiger partial charge in [0.15, 0.2) is 0 Å². The Morgan fingerprint density at radius 1 is 1.71 bits per heavy atom. The molecule has 1 amide bonds. The molecule has 0 aromatic carbocycles. The number of allylic oxidation sites excluding steroid dienone is 1. The van der Waals surface area contributed by atoms with Gasteiger partial charge in [0, 0.05) is 6.08 Å². The predicted octanol–water partition coefficient (Wildman–Crippen LogP) is 0.691. The molecule has 1 heterocycles. The predicted molar refractivity (Wildman–Crippen MR) is 52.2 cm³/mol. The molecule has 1 aliphatic rings. The van der Waals surface area contributed by atoms with Crippen LogP contribution in [0.3, 0.4) is 0 Å². The normalized spacial score (nSPS) is 20.6. The van der Waals surface area contributed by atoms with E-state index in [4.69, 9.17) is 9.84 Å². The van der Waals surface area contributed by atoms with Crippen LogP contribution in [0.2, 0.25) is 0 Å². The second-order valence-electron chi connectivity index (χ2n) is 3.25. The van der Waals surface area contributed by atoms with Crippen LogP contribution in [0.4, 0.5) is 0 Å². The number of carbonyl (C=O) groups excluding carboxylic acids is 1. The van der Waals surface area contributed by atoms with Crippen LogP contribution in [0.5, 0.6) is 0 Å². The van der Waals surface area contributed by atoms with Crippen LogP contribution in [-0.2, 0) is 9.53 Å². The van der Waals surface area contributed by atoms with Crippen LogP contribution in [0.15, 0.2) is 23.6 Å². The van der Waals surface area contributed by atoms with E-state index in [1.54, 1.807) is 6.92 Å². The van der Waals surface area contributed by atoms with Crippen LogP contribution in [0.25, 0.3) is 0 Å². The van der Waals surface area contributed by atoms with Crippen molar-refractivity contribution in [1.29, 1.82) is 0 Å². The number of ether oxygens (including phenoxy) is 1. The Morgan fingerprint density at radius 3 is 3.00 bits per heavy atom. The van der Waals surface area contributed by atoms with Crippen molar-refractivity contribution in [3.05, 3.63) is 23.6 Å². The molecular formula is C10H15NO3. The maximum Gasteiger partial charge on any atom is 0.252 e. The lowest BCUT2D eigenvalue weighted by molar-refractivity contribution is -0.115. The molecule has 0 aromatic rings. The molecule has 1 aliphatic heterocycles. The summed E-state index contributed by atoms with van der Waals surface area (Å²) in [6.45, 7) is 1.73. The molecule has 0 spiro atoms. The molecule has 1 unspecified atom stereocenters. The summed E-state index contributed by atoms with van der Waals surface area (Å²) >= 11 is 0. The van der Waals surface area contributed by atoms with Gasteiger partial charge in [0.05, 0.1) is 18.9 Å². The minimum atomic E-state index is -0.320. The van der Waals surface area contributed by atoms with Gasteiger partial charge in [-0.2, -0.15) is 0 Å². The summed E-state index contributed by atoms with van der Waals surface area (Å²) in [6.07, 6.45) is 4.34. The molecule has 0 bridgehead atoms. The Morgan fingerprint density at radius 2 is 2.43 bits per heavy atom. The lowest BCUT2D eigenvalue weighted by Crippen LogP contribution is -2.14. The molecule has 14 heavy (non-hydrogen) atoms. The van der Waals surface area contributed by atoms with E-state index in [1.807, 2.05) is 6.08 Å². The summed E-state index contributed by atoms with van der Waals surface area (Å²) in [5.74, 6) is 0.394. The van der Waals surface area contributed by atoms with E-state index in [-0.39, 0.29) is 12.0 Å². The van der Waals surface area contributed by atoms with E-state index in [2.05, 4.69) is 5.32 Å². The molecule has 0 saturated heterocycles. The topological polar surface area (TPSA) is 58.6 Å². The number of aliphatic hydroxyl groups excluding tert-OH is 1. The van der Waals surface area contributed by atoms with Gasteiger partial charge >= 0.3 is 0 Å². The zero-order valence-electron chi connectivity index (χ0n) is 8.41. The van der Waals surface area contributed by atoms with Crippen molar-refractivity contribution < 1.29 is 14.6 Å². The lowest BCUT2D eigenvalue weighted by Gasteiger charge is -2.04. The number of carbonyl (C=O) groups is 1. The van der Waals surface area contributed by atoms with Gasteiger partial charge in [-0.25, -0.2) is 0 Å². The molecular weight excluding hydrogens is 182 g/mol. The highest BCUT2D eigenvalue weighted by molar-refractivity contribution is 5.94. The van der Waals surface area contributed by atoms with Crippen molar-refractivity contribution in [3.63, 3.8) is 0 Å². The van der Waals surface area contributed by atoms with Gasteiger partial charge in [0.25, 0.3) is 5.91 Å². The Labute approximate surface area is 83.3 Å². The van der Waals surface area contributed by atoms with Gasteiger partial charge in [-0.15, -0.1) is 0 Å². The maximum absolute atomic E-state index is 11.0. The monoisotopic (exact) mass is 197 g/mol. The van der Waals surface area contributed by atoms with Crippen molar-refractivity contribution in [2.24, 2.45) is 0 Å². The van der Waals surface area contributed by atoms with Crippen molar-refractivity contribution in [2.45, 2.75) is 25.9 Å².